The molecule has 1 rings (SSSR count). The van der Waals surface area contributed by atoms with Gasteiger partial charge in [-0.05, 0) is 6.42 Å². The fraction of sp³-hybridized carbons (Fsp3) is 0.800. The third-order valence-electron chi connectivity index (χ3n) is 0.974. The van der Waals surface area contributed by atoms with Crippen LogP contribution < -0.4 is 0 Å². The van der Waals surface area contributed by atoms with E-state index in [1.165, 1.54) is 5.04 Å². The fourth-order valence-corrected chi connectivity index (χ4v) is 2.18. The summed E-state index contributed by atoms with van der Waals surface area (Å²) in [5, 5.41) is 1.28. The summed E-state index contributed by atoms with van der Waals surface area (Å²) >= 11 is 5.26. The standard InChI is InChI=1S/C5H8BrNS/c1-2-5-7-4(6)3-8-5/h4H,2-3H2,1H3. The van der Waals surface area contributed by atoms with Gasteiger partial charge in [-0.25, -0.2) is 0 Å². The number of nitrogens with zero attached hydrogens (tertiary/aromatic N) is 1. The molecule has 1 nitrogen and oxygen atoms in total. The van der Waals surface area contributed by atoms with Crippen LogP contribution >= 0.6 is 27.7 Å². The molecule has 8 heavy (non-hydrogen) atoms. The lowest BCUT2D eigenvalue weighted by molar-refractivity contribution is 1.10. The lowest BCUT2D eigenvalue weighted by Crippen LogP contribution is -1.86. The van der Waals surface area contributed by atoms with Gasteiger partial charge in [0, 0.05) is 5.75 Å². The fourth-order valence-electron chi connectivity index (χ4n) is 0.589. The van der Waals surface area contributed by atoms with Crippen LogP contribution in [0.1, 0.15) is 13.3 Å². The third-order valence-corrected chi connectivity index (χ3v) is 3.14. The van der Waals surface area contributed by atoms with Crippen LogP contribution in [-0.2, 0) is 0 Å². The first-order valence-electron chi connectivity index (χ1n) is 2.66. The summed E-state index contributed by atoms with van der Waals surface area (Å²) in [6.07, 6.45) is 1.09. The van der Waals surface area contributed by atoms with E-state index in [4.69, 9.17) is 0 Å². The highest BCUT2D eigenvalue weighted by atomic mass is 79.9. The number of rotatable bonds is 1. The molecule has 0 aromatic heterocycles. The normalized spacial score (nSPS) is 28.2. The van der Waals surface area contributed by atoms with E-state index in [2.05, 4.69) is 27.8 Å². The van der Waals surface area contributed by atoms with Crippen LogP contribution in [0.2, 0.25) is 0 Å². The number of halogens is 1. The van der Waals surface area contributed by atoms with E-state index in [1.807, 2.05) is 11.8 Å². The van der Waals surface area contributed by atoms with E-state index >= 15 is 0 Å². The first kappa shape index (κ1) is 6.62. The summed E-state index contributed by atoms with van der Waals surface area (Å²) in [7, 11) is 0. The molecule has 0 N–H and O–H groups in total. The molecule has 1 aliphatic heterocycles. The molecule has 1 aliphatic rings. The minimum Gasteiger partial charge on any atom is -0.267 e. The number of aliphatic imine (C=N–C) groups is 1. The molecule has 1 heterocycles. The number of hydrogen-bond acceptors (Lipinski definition) is 2. The SMILES string of the molecule is CCC1=NC(Br)CS1. The van der Waals surface area contributed by atoms with E-state index < -0.39 is 0 Å². The van der Waals surface area contributed by atoms with Gasteiger partial charge >= 0.3 is 0 Å². The zero-order chi connectivity index (χ0) is 5.98. The van der Waals surface area contributed by atoms with E-state index in [0.29, 0.717) is 4.95 Å². The van der Waals surface area contributed by atoms with Crippen LogP contribution in [0, 0.1) is 0 Å². The Bertz CT molecular complexity index is 113. The second-order valence-electron chi connectivity index (χ2n) is 1.62. The van der Waals surface area contributed by atoms with Crippen molar-refractivity contribution >= 4 is 32.7 Å². The Hall–Kier alpha value is 0.500. The lowest BCUT2D eigenvalue weighted by Gasteiger charge is -1.85. The van der Waals surface area contributed by atoms with Gasteiger partial charge < -0.3 is 0 Å². The molecule has 0 aromatic rings. The van der Waals surface area contributed by atoms with Crippen molar-refractivity contribution in [1.29, 1.82) is 0 Å². The topological polar surface area (TPSA) is 12.4 Å². The van der Waals surface area contributed by atoms with Crippen LogP contribution in [0.5, 0.6) is 0 Å². The van der Waals surface area contributed by atoms with Gasteiger partial charge in [0.15, 0.2) is 0 Å². The van der Waals surface area contributed by atoms with Gasteiger partial charge in [0.25, 0.3) is 0 Å². The molecule has 0 amide bonds. The Kier molecular flexibility index (Phi) is 2.38. The van der Waals surface area contributed by atoms with Crippen LogP contribution in [0.3, 0.4) is 0 Å². The predicted octanol–water partition coefficient (Wildman–Crippen LogP) is 2.26. The van der Waals surface area contributed by atoms with Crippen LogP contribution in [-0.4, -0.2) is 15.7 Å². The maximum Gasteiger partial charge on any atom is 0.115 e. The van der Waals surface area contributed by atoms with Crippen molar-refractivity contribution in [3.05, 3.63) is 0 Å². The minimum atomic E-state index is 0.391. The highest BCUT2D eigenvalue weighted by molar-refractivity contribution is 9.09. The van der Waals surface area contributed by atoms with Crippen LogP contribution in [0.25, 0.3) is 0 Å². The molecule has 1 unspecified atom stereocenters. The second-order valence-corrected chi connectivity index (χ2v) is 3.77. The molecular weight excluding hydrogens is 186 g/mol. The van der Waals surface area contributed by atoms with Crippen molar-refractivity contribution in [2.75, 3.05) is 5.75 Å². The molecule has 0 spiro atoms. The van der Waals surface area contributed by atoms with Gasteiger partial charge in [-0.15, -0.1) is 11.8 Å². The quantitative estimate of drug-likeness (QED) is 0.460. The van der Waals surface area contributed by atoms with Gasteiger partial charge in [-0.1, -0.05) is 22.9 Å². The second kappa shape index (κ2) is 2.87. The van der Waals surface area contributed by atoms with Gasteiger partial charge in [0.2, 0.25) is 0 Å². The van der Waals surface area contributed by atoms with Crippen molar-refractivity contribution in [3.63, 3.8) is 0 Å². The number of thioether (sulfide) groups is 1. The van der Waals surface area contributed by atoms with Crippen molar-refractivity contribution in [2.45, 2.75) is 18.3 Å². The zero-order valence-corrected chi connectivity index (χ0v) is 7.13. The smallest absolute Gasteiger partial charge is 0.115 e. The van der Waals surface area contributed by atoms with Gasteiger partial charge in [0.05, 0.1) is 5.04 Å². The van der Waals surface area contributed by atoms with E-state index in [-0.39, 0.29) is 0 Å². The number of alkyl halides is 1. The Morgan fingerprint density at radius 3 is 3.00 bits per heavy atom. The molecule has 0 bridgehead atoms. The monoisotopic (exact) mass is 193 g/mol. The Balaban J connectivity index is 2.44. The molecule has 0 radical (unpaired) electrons. The highest BCUT2D eigenvalue weighted by Gasteiger charge is 2.12. The average Bonchev–Trinajstić information content (AvgIpc) is 2.14. The molecule has 0 saturated heterocycles. The summed E-state index contributed by atoms with van der Waals surface area (Å²) in [5.74, 6) is 1.11. The first-order valence-corrected chi connectivity index (χ1v) is 4.56. The molecule has 0 fully saturated rings. The largest absolute Gasteiger partial charge is 0.267 e. The van der Waals surface area contributed by atoms with Gasteiger partial charge in [0.1, 0.15) is 4.95 Å². The van der Waals surface area contributed by atoms with E-state index in [0.717, 1.165) is 12.2 Å². The van der Waals surface area contributed by atoms with E-state index in [9.17, 15) is 0 Å². The van der Waals surface area contributed by atoms with Crippen molar-refractivity contribution < 1.29 is 0 Å². The van der Waals surface area contributed by atoms with Gasteiger partial charge in [-0.2, -0.15) is 0 Å². The lowest BCUT2D eigenvalue weighted by atomic mass is 10.5. The maximum absolute atomic E-state index is 4.30. The molecule has 1 atom stereocenters. The zero-order valence-electron chi connectivity index (χ0n) is 4.72. The van der Waals surface area contributed by atoms with Crippen molar-refractivity contribution in [3.8, 4) is 0 Å². The van der Waals surface area contributed by atoms with E-state index in [1.54, 1.807) is 0 Å². The highest BCUT2D eigenvalue weighted by Crippen LogP contribution is 2.22. The summed E-state index contributed by atoms with van der Waals surface area (Å²) in [6.45, 7) is 2.14. The Morgan fingerprint density at radius 2 is 2.75 bits per heavy atom. The summed E-state index contributed by atoms with van der Waals surface area (Å²) in [5.41, 5.74) is 0. The molecule has 0 saturated carbocycles. The molecule has 46 valence electrons. The van der Waals surface area contributed by atoms with Crippen LogP contribution in [0.4, 0.5) is 0 Å². The first-order chi connectivity index (χ1) is 3.83. The minimum absolute atomic E-state index is 0.391. The molecule has 0 aromatic carbocycles. The van der Waals surface area contributed by atoms with Crippen molar-refractivity contribution in [2.24, 2.45) is 4.99 Å². The Morgan fingerprint density at radius 1 is 2.00 bits per heavy atom. The summed E-state index contributed by atoms with van der Waals surface area (Å²) < 4.78 is 0. The number of hydrogen-bond donors (Lipinski definition) is 0. The summed E-state index contributed by atoms with van der Waals surface area (Å²) in [4.78, 5) is 4.69. The summed E-state index contributed by atoms with van der Waals surface area (Å²) in [6, 6.07) is 0. The average molecular weight is 194 g/mol. The third kappa shape index (κ3) is 1.49. The van der Waals surface area contributed by atoms with Crippen LogP contribution in [0.15, 0.2) is 4.99 Å². The van der Waals surface area contributed by atoms with Crippen molar-refractivity contribution in [1.82, 2.24) is 0 Å². The van der Waals surface area contributed by atoms with Gasteiger partial charge in [-0.3, -0.25) is 4.99 Å². The molecular formula is C5H8BrNS. The Labute approximate surface area is 62.1 Å². The maximum atomic E-state index is 4.30. The molecule has 0 aliphatic carbocycles. The molecule has 3 heteroatoms. The predicted molar refractivity (Wildman–Crippen MR) is 42.9 cm³/mol.